The second kappa shape index (κ2) is 7.17. The predicted octanol–water partition coefficient (Wildman–Crippen LogP) is 6.34. The molecule has 3 heterocycles. The second-order valence-electron chi connectivity index (χ2n) is 7.79. The molecule has 5 heteroatoms. The molecule has 5 nitrogen and oxygen atoms in total. The topological polar surface area (TPSA) is 62.4 Å². The molecular weight excluding hydrogens is 398 g/mol. The van der Waals surface area contributed by atoms with Crippen LogP contribution in [0.4, 0.5) is 5.69 Å². The molecule has 0 fully saturated rings. The minimum absolute atomic E-state index is 0.811. The van der Waals surface area contributed by atoms with E-state index in [1.807, 2.05) is 30.5 Å². The van der Waals surface area contributed by atoms with Crippen molar-refractivity contribution in [1.29, 1.82) is 0 Å². The summed E-state index contributed by atoms with van der Waals surface area (Å²) in [7, 11) is 3.38. The highest BCUT2D eigenvalue weighted by Crippen LogP contribution is 2.44. The third-order valence-corrected chi connectivity index (χ3v) is 6.11. The highest BCUT2D eigenvalue weighted by molar-refractivity contribution is 6.29. The van der Waals surface area contributed by atoms with Crippen molar-refractivity contribution in [3.05, 3.63) is 89.7 Å². The fraction of sp³-hybridized carbons (Fsp3) is 0.0741. The van der Waals surface area contributed by atoms with Crippen LogP contribution in [-0.2, 0) is 0 Å². The highest BCUT2D eigenvalue weighted by atomic mass is 16.5. The van der Waals surface area contributed by atoms with Gasteiger partial charge in [0.2, 0.25) is 0 Å². The average molecular weight is 419 g/mol. The van der Waals surface area contributed by atoms with Crippen molar-refractivity contribution >= 4 is 44.9 Å². The summed E-state index contributed by atoms with van der Waals surface area (Å²) in [6.45, 7) is 0. The van der Waals surface area contributed by atoms with Gasteiger partial charge >= 0.3 is 0 Å². The fourth-order valence-corrected chi connectivity index (χ4v) is 4.52. The fourth-order valence-electron chi connectivity index (χ4n) is 4.52. The number of H-pyrrole nitrogens is 2. The molecule has 0 unspecified atom stereocenters. The van der Waals surface area contributed by atoms with Crippen LogP contribution in [0, 0.1) is 0 Å². The molecule has 156 valence electrons. The Balaban J connectivity index is 1.71. The summed E-state index contributed by atoms with van der Waals surface area (Å²) < 4.78 is 11.0. The lowest BCUT2D eigenvalue weighted by molar-refractivity contribution is 0.415. The maximum absolute atomic E-state index is 5.52. The molecule has 2 N–H and O–H groups in total. The predicted molar refractivity (Wildman–Crippen MR) is 130 cm³/mol. The number of aromatic nitrogens is 2. The summed E-state index contributed by atoms with van der Waals surface area (Å²) in [5.41, 5.74) is 8.54. The lowest BCUT2D eigenvalue weighted by Gasteiger charge is -2.12. The zero-order valence-corrected chi connectivity index (χ0v) is 17.8. The van der Waals surface area contributed by atoms with E-state index in [9.17, 15) is 0 Å². The van der Waals surface area contributed by atoms with Gasteiger partial charge in [0.15, 0.2) is 0 Å². The van der Waals surface area contributed by atoms with Gasteiger partial charge in [0.25, 0.3) is 0 Å². The van der Waals surface area contributed by atoms with Crippen LogP contribution in [0.15, 0.2) is 78.0 Å². The van der Waals surface area contributed by atoms with Crippen LogP contribution in [0.1, 0.15) is 16.7 Å². The summed E-state index contributed by atoms with van der Waals surface area (Å²) in [6.07, 6.45) is 6.11. The van der Waals surface area contributed by atoms with Gasteiger partial charge in [-0.25, -0.2) is 0 Å². The minimum atomic E-state index is 0.811. The third kappa shape index (κ3) is 2.75. The molecule has 0 saturated carbocycles. The number of nitrogens with one attached hydrogen (secondary N) is 2. The van der Waals surface area contributed by atoms with E-state index < -0.39 is 0 Å². The number of aliphatic imine (C=N–C) groups is 1. The molecule has 1 aliphatic rings. The molecule has 0 aliphatic carbocycles. The molecule has 1 aliphatic heterocycles. The Kier molecular flexibility index (Phi) is 4.15. The van der Waals surface area contributed by atoms with Crippen LogP contribution < -0.4 is 9.47 Å². The summed E-state index contributed by atoms with van der Waals surface area (Å²) in [6, 6.07) is 20.5. The number of hydrogen-bond acceptors (Lipinski definition) is 3. The molecule has 0 bridgehead atoms. The molecular formula is C27H21N3O2. The Labute approximate surface area is 185 Å². The van der Waals surface area contributed by atoms with Crippen molar-refractivity contribution in [2.45, 2.75) is 0 Å². The Bertz CT molecular complexity index is 1550. The summed E-state index contributed by atoms with van der Waals surface area (Å²) >= 11 is 0. The molecule has 3 aromatic carbocycles. The van der Waals surface area contributed by atoms with E-state index in [1.54, 1.807) is 14.2 Å². The number of benzene rings is 3. The maximum atomic E-state index is 5.52. The van der Waals surface area contributed by atoms with E-state index in [4.69, 9.17) is 14.5 Å². The summed E-state index contributed by atoms with van der Waals surface area (Å²) in [4.78, 5) is 11.6. The van der Waals surface area contributed by atoms with Crippen molar-refractivity contribution in [1.82, 2.24) is 9.97 Å². The maximum Gasteiger partial charge on any atom is 0.119 e. The van der Waals surface area contributed by atoms with Gasteiger partial charge in [-0.05, 0) is 42.5 Å². The Morgan fingerprint density at radius 1 is 0.750 bits per heavy atom. The zero-order valence-electron chi connectivity index (χ0n) is 17.8. The molecule has 0 radical (unpaired) electrons. The minimum Gasteiger partial charge on any atom is -0.497 e. The van der Waals surface area contributed by atoms with Crippen LogP contribution >= 0.6 is 0 Å². The number of hydrogen-bond donors (Lipinski definition) is 2. The Morgan fingerprint density at radius 3 is 2.25 bits per heavy atom. The number of nitrogens with zero attached hydrogens (tertiary/aromatic N) is 1. The Hall–Kier alpha value is -4.25. The van der Waals surface area contributed by atoms with Gasteiger partial charge in [0, 0.05) is 68.3 Å². The van der Waals surface area contributed by atoms with Crippen molar-refractivity contribution in [3.8, 4) is 11.5 Å². The van der Waals surface area contributed by atoms with E-state index in [-0.39, 0.29) is 0 Å². The number of rotatable bonds is 4. The first kappa shape index (κ1) is 18.5. The number of aromatic amines is 2. The first-order chi connectivity index (χ1) is 15.8. The smallest absolute Gasteiger partial charge is 0.119 e. The first-order valence-electron chi connectivity index (χ1n) is 10.5. The number of fused-ring (bicyclic) bond motifs is 3. The number of ether oxygens (including phenoxy) is 2. The second-order valence-corrected chi connectivity index (χ2v) is 7.79. The third-order valence-electron chi connectivity index (χ3n) is 6.11. The van der Waals surface area contributed by atoms with Crippen LogP contribution in [0.2, 0.25) is 0 Å². The largest absolute Gasteiger partial charge is 0.497 e. The van der Waals surface area contributed by atoms with Gasteiger partial charge in [-0.1, -0.05) is 18.2 Å². The van der Waals surface area contributed by atoms with Gasteiger partial charge in [0.1, 0.15) is 11.5 Å². The van der Waals surface area contributed by atoms with E-state index in [1.165, 1.54) is 0 Å². The highest BCUT2D eigenvalue weighted by Gasteiger charge is 2.23. The van der Waals surface area contributed by atoms with Crippen LogP contribution in [-0.4, -0.2) is 30.4 Å². The summed E-state index contributed by atoms with van der Waals surface area (Å²) in [5.74, 6) is 1.63. The van der Waals surface area contributed by atoms with Gasteiger partial charge < -0.3 is 19.4 Å². The number of allylic oxidation sites excluding steroid dienone is 1. The quantitative estimate of drug-likeness (QED) is 0.357. The SMILES string of the molecule is COc1ccc2c(c1)/C(=C(\c1c[nH]c3ccccc13)c1c[nH]c3ccc(OC)cc13)C=N2. The average Bonchev–Trinajstić information content (AvgIpc) is 3.57. The summed E-state index contributed by atoms with van der Waals surface area (Å²) in [5, 5.41) is 2.26. The van der Waals surface area contributed by atoms with Crippen molar-refractivity contribution in [2.24, 2.45) is 4.99 Å². The standard InChI is InChI=1S/C27H21N3O2/c1-31-16-7-9-25-19(11-16)22(14-29-25)27(21-13-28-24-6-4-3-5-18(21)24)23-15-30-26-10-8-17(32-2)12-20(23)26/h3-15,28-29H,1-2H3/b27-23+. The van der Waals surface area contributed by atoms with Gasteiger partial charge in [-0.15, -0.1) is 0 Å². The van der Waals surface area contributed by atoms with E-state index in [2.05, 4.69) is 58.8 Å². The van der Waals surface area contributed by atoms with Gasteiger partial charge in [-0.3, -0.25) is 4.99 Å². The molecule has 2 aromatic heterocycles. The van der Waals surface area contributed by atoms with Gasteiger partial charge in [-0.2, -0.15) is 0 Å². The number of methoxy groups -OCH3 is 2. The molecule has 0 saturated heterocycles. The van der Waals surface area contributed by atoms with E-state index in [0.29, 0.717) is 0 Å². The van der Waals surface area contributed by atoms with Crippen LogP contribution in [0.25, 0.3) is 33.0 Å². The van der Waals surface area contributed by atoms with Crippen molar-refractivity contribution < 1.29 is 9.47 Å². The molecule has 32 heavy (non-hydrogen) atoms. The molecule has 6 rings (SSSR count). The van der Waals surface area contributed by atoms with Crippen LogP contribution in [0.3, 0.4) is 0 Å². The zero-order chi connectivity index (χ0) is 21.7. The molecule has 0 amide bonds. The van der Waals surface area contributed by atoms with Crippen molar-refractivity contribution in [2.75, 3.05) is 14.2 Å². The molecule has 0 atom stereocenters. The van der Waals surface area contributed by atoms with Crippen molar-refractivity contribution in [3.63, 3.8) is 0 Å². The lowest BCUT2D eigenvalue weighted by atomic mass is 9.90. The first-order valence-corrected chi connectivity index (χ1v) is 10.5. The van der Waals surface area contributed by atoms with E-state index >= 15 is 0 Å². The monoisotopic (exact) mass is 419 g/mol. The molecule has 5 aromatic rings. The van der Waals surface area contributed by atoms with Gasteiger partial charge in [0.05, 0.1) is 19.9 Å². The molecule has 0 spiro atoms. The lowest BCUT2D eigenvalue weighted by Crippen LogP contribution is -1.94. The Morgan fingerprint density at radius 2 is 1.44 bits per heavy atom. The number of para-hydroxylation sites is 1. The van der Waals surface area contributed by atoms with Crippen LogP contribution in [0.5, 0.6) is 11.5 Å². The normalized spacial score (nSPS) is 14.2. The van der Waals surface area contributed by atoms with E-state index in [0.717, 1.165) is 66.8 Å².